The van der Waals surface area contributed by atoms with Gasteiger partial charge in [-0.1, -0.05) is 23.7 Å². The van der Waals surface area contributed by atoms with Crippen LogP contribution in [-0.4, -0.2) is 19.6 Å². The average molecular weight is 322 g/mol. The molecule has 0 saturated heterocycles. The van der Waals surface area contributed by atoms with E-state index in [1.54, 1.807) is 16.9 Å². The van der Waals surface area contributed by atoms with Gasteiger partial charge in [0, 0.05) is 28.5 Å². The predicted molar refractivity (Wildman–Crippen MR) is 91.1 cm³/mol. The zero-order valence-corrected chi connectivity index (χ0v) is 12.8. The number of nitrogens with two attached hydrogens (primary N) is 1. The number of aromatic nitrogens is 4. The standard InChI is InChI=1S/C17H12ClN5/c18-13-5-3-11(4-6-13)16-17(12-7-9-20-14(19)10-12)23-15(22-16)2-1-8-21-23/h1-10H,(H2,19,20). The molecule has 0 aliphatic heterocycles. The number of imidazole rings is 1. The zero-order valence-electron chi connectivity index (χ0n) is 12.0. The Kier molecular flexibility index (Phi) is 3.20. The number of pyridine rings is 1. The highest BCUT2D eigenvalue weighted by molar-refractivity contribution is 6.30. The fourth-order valence-corrected chi connectivity index (χ4v) is 2.68. The molecule has 1 aromatic carbocycles. The van der Waals surface area contributed by atoms with Crippen LogP contribution in [0.3, 0.4) is 0 Å². The summed E-state index contributed by atoms with van der Waals surface area (Å²) >= 11 is 5.99. The molecule has 4 aromatic rings. The van der Waals surface area contributed by atoms with Crippen molar-refractivity contribution < 1.29 is 0 Å². The molecule has 3 aromatic heterocycles. The van der Waals surface area contributed by atoms with Crippen molar-refractivity contribution in [1.82, 2.24) is 19.6 Å². The maximum atomic E-state index is 5.99. The van der Waals surface area contributed by atoms with Gasteiger partial charge in [0.2, 0.25) is 0 Å². The molecule has 0 fully saturated rings. The molecule has 0 unspecified atom stereocenters. The molecule has 23 heavy (non-hydrogen) atoms. The largest absolute Gasteiger partial charge is 0.384 e. The highest BCUT2D eigenvalue weighted by atomic mass is 35.5. The fourth-order valence-electron chi connectivity index (χ4n) is 2.55. The van der Waals surface area contributed by atoms with Crippen LogP contribution >= 0.6 is 11.6 Å². The van der Waals surface area contributed by atoms with Crippen LogP contribution in [0.25, 0.3) is 28.2 Å². The van der Waals surface area contributed by atoms with Gasteiger partial charge in [-0.3, -0.25) is 0 Å². The summed E-state index contributed by atoms with van der Waals surface area (Å²) in [5.41, 5.74) is 10.2. The highest BCUT2D eigenvalue weighted by Crippen LogP contribution is 2.33. The SMILES string of the molecule is Nc1cc(-c2c(-c3ccc(Cl)cc3)nc3cccnn23)ccn1. The van der Waals surface area contributed by atoms with E-state index in [1.807, 2.05) is 48.5 Å². The van der Waals surface area contributed by atoms with Gasteiger partial charge in [0.25, 0.3) is 0 Å². The fraction of sp³-hybridized carbons (Fsp3) is 0. The molecule has 3 heterocycles. The number of nitrogen functional groups attached to an aromatic ring is 1. The summed E-state index contributed by atoms with van der Waals surface area (Å²) in [6.45, 7) is 0. The average Bonchev–Trinajstić information content (AvgIpc) is 2.95. The summed E-state index contributed by atoms with van der Waals surface area (Å²) in [6, 6.07) is 15.1. The van der Waals surface area contributed by atoms with Crippen LogP contribution in [0.4, 0.5) is 5.82 Å². The van der Waals surface area contributed by atoms with Gasteiger partial charge >= 0.3 is 0 Å². The van der Waals surface area contributed by atoms with Crippen LogP contribution in [-0.2, 0) is 0 Å². The van der Waals surface area contributed by atoms with Crippen molar-refractivity contribution in [1.29, 1.82) is 0 Å². The maximum Gasteiger partial charge on any atom is 0.154 e. The van der Waals surface area contributed by atoms with Crippen LogP contribution in [0.15, 0.2) is 60.9 Å². The molecule has 2 N–H and O–H groups in total. The molecule has 0 aliphatic rings. The number of nitrogens with zero attached hydrogens (tertiary/aromatic N) is 4. The van der Waals surface area contributed by atoms with E-state index in [0.29, 0.717) is 10.8 Å². The zero-order chi connectivity index (χ0) is 15.8. The third kappa shape index (κ3) is 2.41. The lowest BCUT2D eigenvalue weighted by molar-refractivity contribution is 0.942. The van der Waals surface area contributed by atoms with Gasteiger partial charge in [0.15, 0.2) is 5.65 Å². The van der Waals surface area contributed by atoms with Crippen LogP contribution in [0, 0.1) is 0 Å². The Hall–Kier alpha value is -2.92. The molecule has 6 heteroatoms. The summed E-state index contributed by atoms with van der Waals surface area (Å²) in [4.78, 5) is 8.77. The number of anilines is 1. The van der Waals surface area contributed by atoms with Gasteiger partial charge in [0.1, 0.15) is 11.5 Å². The number of hydrogen-bond acceptors (Lipinski definition) is 4. The third-order valence-electron chi connectivity index (χ3n) is 3.57. The summed E-state index contributed by atoms with van der Waals surface area (Å²) in [5, 5.41) is 5.10. The molecule has 0 spiro atoms. The van der Waals surface area contributed by atoms with Crippen molar-refractivity contribution in [3.8, 4) is 22.5 Å². The van der Waals surface area contributed by atoms with Gasteiger partial charge < -0.3 is 5.73 Å². The lowest BCUT2D eigenvalue weighted by Gasteiger charge is -2.05. The Labute approximate surface area is 137 Å². The Balaban J connectivity index is 2.04. The smallest absolute Gasteiger partial charge is 0.154 e. The molecule has 0 atom stereocenters. The second-order valence-electron chi connectivity index (χ2n) is 5.08. The van der Waals surface area contributed by atoms with Crippen molar-refractivity contribution in [2.75, 3.05) is 5.73 Å². The number of hydrogen-bond donors (Lipinski definition) is 1. The lowest BCUT2D eigenvalue weighted by Crippen LogP contribution is -1.95. The van der Waals surface area contributed by atoms with Crippen molar-refractivity contribution in [2.24, 2.45) is 0 Å². The molecular weight excluding hydrogens is 310 g/mol. The topological polar surface area (TPSA) is 69.1 Å². The van der Waals surface area contributed by atoms with Gasteiger partial charge in [0.05, 0.1) is 5.69 Å². The van der Waals surface area contributed by atoms with Crippen molar-refractivity contribution in [3.05, 3.63) is 65.9 Å². The van der Waals surface area contributed by atoms with Crippen molar-refractivity contribution >= 4 is 23.1 Å². The van der Waals surface area contributed by atoms with Crippen molar-refractivity contribution in [2.45, 2.75) is 0 Å². The molecule has 0 amide bonds. The third-order valence-corrected chi connectivity index (χ3v) is 3.82. The van der Waals surface area contributed by atoms with Crippen LogP contribution < -0.4 is 5.73 Å². The molecule has 0 aliphatic carbocycles. The molecule has 112 valence electrons. The van der Waals surface area contributed by atoms with E-state index in [2.05, 4.69) is 10.1 Å². The Morgan fingerprint density at radius 1 is 0.957 bits per heavy atom. The van der Waals surface area contributed by atoms with E-state index in [-0.39, 0.29) is 0 Å². The summed E-state index contributed by atoms with van der Waals surface area (Å²) in [5.74, 6) is 0.454. The first-order valence-electron chi connectivity index (χ1n) is 7.04. The molecule has 0 bridgehead atoms. The number of halogens is 1. The first kappa shape index (κ1) is 13.7. The Bertz CT molecular complexity index is 991. The minimum Gasteiger partial charge on any atom is -0.384 e. The lowest BCUT2D eigenvalue weighted by atomic mass is 10.1. The Morgan fingerprint density at radius 2 is 1.78 bits per heavy atom. The van der Waals surface area contributed by atoms with E-state index in [1.165, 1.54) is 0 Å². The number of benzene rings is 1. The van der Waals surface area contributed by atoms with Crippen molar-refractivity contribution in [3.63, 3.8) is 0 Å². The normalized spacial score (nSPS) is 11.0. The summed E-state index contributed by atoms with van der Waals surface area (Å²) in [6.07, 6.45) is 3.41. The van der Waals surface area contributed by atoms with Gasteiger partial charge in [-0.15, -0.1) is 0 Å². The predicted octanol–water partition coefficient (Wildman–Crippen LogP) is 3.69. The second-order valence-corrected chi connectivity index (χ2v) is 5.52. The summed E-state index contributed by atoms with van der Waals surface area (Å²) < 4.78 is 1.80. The van der Waals surface area contributed by atoms with Crippen LogP contribution in [0.1, 0.15) is 0 Å². The Morgan fingerprint density at radius 3 is 2.57 bits per heavy atom. The first-order chi connectivity index (χ1) is 11.2. The molecule has 0 radical (unpaired) electrons. The van der Waals surface area contributed by atoms with E-state index in [4.69, 9.17) is 22.3 Å². The molecule has 5 nitrogen and oxygen atoms in total. The van der Waals surface area contributed by atoms with Crippen LogP contribution in [0.2, 0.25) is 5.02 Å². The van der Waals surface area contributed by atoms with E-state index >= 15 is 0 Å². The number of fused-ring (bicyclic) bond motifs is 1. The monoisotopic (exact) mass is 321 g/mol. The molecule has 4 rings (SSSR count). The highest BCUT2D eigenvalue weighted by Gasteiger charge is 2.17. The minimum atomic E-state index is 0.454. The maximum absolute atomic E-state index is 5.99. The van der Waals surface area contributed by atoms with Gasteiger partial charge in [-0.05, 0) is 36.4 Å². The van der Waals surface area contributed by atoms with Crippen LogP contribution in [0.5, 0.6) is 0 Å². The minimum absolute atomic E-state index is 0.454. The molecular formula is C17H12ClN5. The number of rotatable bonds is 2. The quantitative estimate of drug-likeness (QED) is 0.611. The van der Waals surface area contributed by atoms with Gasteiger partial charge in [-0.2, -0.15) is 5.10 Å². The van der Waals surface area contributed by atoms with Gasteiger partial charge in [-0.25, -0.2) is 14.5 Å². The molecule has 0 saturated carbocycles. The van der Waals surface area contributed by atoms with E-state index in [0.717, 1.165) is 28.2 Å². The second kappa shape index (κ2) is 5.37. The first-order valence-corrected chi connectivity index (χ1v) is 7.42. The van der Waals surface area contributed by atoms with E-state index in [9.17, 15) is 0 Å². The van der Waals surface area contributed by atoms with E-state index < -0.39 is 0 Å². The summed E-state index contributed by atoms with van der Waals surface area (Å²) in [7, 11) is 0.